The quantitative estimate of drug-likeness (QED) is 0.636. The zero-order chi connectivity index (χ0) is 14.0. The van der Waals surface area contributed by atoms with E-state index in [4.69, 9.17) is 15.0 Å². The van der Waals surface area contributed by atoms with E-state index < -0.39 is 6.16 Å². The van der Waals surface area contributed by atoms with E-state index in [0.717, 1.165) is 4.57 Å². The van der Waals surface area contributed by atoms with Crippen molar-refractivity contribution in [3.63, 3.8) is 0 Å². The Bertz CT molecular complexity index is 704. The molecule has 0 spiro atoms. The van der Waals surface area contributed by atoms with Gasteiger partial charge in [0.05, 0.1) is 6.33 Å². The van der Waals surface area contributed by atoms with Crippen molar-refractivity contribution in [1.82, 2.24) is 18.7 Å². The summed E-state index contributed by atoms with van der Waals surface area (Å²) in [6.45, 7) is 0. The number of rotatable bonds is 0. The molecule has 0 fully saturated rings. The first kappa shape index (κ1) is 13.5. The number of fused-ring (bicyclic) bond motifs is 1. The van der Waals surface area contributed by atoms with E-state index in [9.17, 15) is 9.59 Å². The van der Waals surface area contributed by atoms with E-state index in [1.165, 1.54) is 17.9 Å². The molecule has 0 saturated carbocycles. The van der Waals surface area contributed by atoms with Crippen LogP contribution in [0.5, 0.6) is 0 Å². The number of carbonyl (C=O) groups is 1. The Labute approximate surface area is 100 Å². The Kier molecular flexibility index (Phi) is 3.55. The summed E-state index contributed by atoms with van der Waals surface area (Å²) in [6.07, 6.45) is -0.314. The number of hydrogen-bond donors (Lipinski definition) is 2. The van der Waals surface area contributed by atoms with Crippen molar-refractivity contribution in [2.45, 2.75) is 0 Å². The van der Waals surface area contributed by atoms with Gasteiger partial charge in [-0.15, -0.1) is 0 Å². The number of aryl methyl sites for hydroxylation is 2. The highest BCUT2D eigenvalue weighted by Gasteiger charge is 2.11. The molecule has 0 aliphatic carbocycles. The minimum absolute atomic E-state index is 0.317. The molecule has 0 amide bonds. The predicted octanol–water partition coefficient (Wildman–Crippen LogP) is -0.807. The standard InChI is InChI=1S/C8H10N4O2.CH2O3/c1-10-4-9-6-5(10)7(13)12(3)8(14)11(6)2;2-1(3)4/h4H,1-3H3;(H2,2,3,4). The van der Waals surface area contributed by atoms with Crippen LogP contribution in [0.15, 0.2) is 15.9 Å². The molecule has 9 nitrogen and oxygen atoms in total. The highest BCUT2D eigenvalue weighted by molar-refractivity contribution is 5.69. The maximum Gasteiger partial charge on any atom is 0.503 e. The normalized spacial score (nSPS) is 9.94. The topological polar surface area (TPSA) is 119 Å². The summed E-state index contributed by atoms with van der Waals surface area (Å²) in [5, 5.41) is 13.9. The van der Waals surface area contributed by atoms with E-state index in [2.05, 4.69) is 4.98 Å². The highest BCUT2D eigenvalue weighted by Crippen LogP contribution is 2.01. The molecule has 2 N–H and O–H groups in total. The minimum Gasteiger partial charge on any atom is -0.450 e. The number of imidazole rings is 1. The molecule has 0 aliphatic rings. The number of nitrogens with zero attached hydrogens (tertiary/aromatic N) is 4. The summed E-state index contributed by atoms with van der Waals surface area (Å²) in [5.41, 5.74) is 0.180. The lowest BCUT2D eigenvalue weighted by atomic mass is 10.5. The van der Waals surface area contributed by atoms with Crippen molar-refractivity contribution in [3.05, 3.63) is 27.2 Å². The third-order valence-electron chi connectivity index (χ3n) is 2.32. The molecule has 0 unspecified atom stereocenters. The van der Waals surface area contributed by atoms with Gasteiger partial charge in [-0.2, -0.15) is 0 Å². The first-order valence-electron chi connectivity index (χ1n) is 4.76. The molecule has 9 heteroatoms. The van der Waals surface area contributed by atoms with Gasteiger partial charge in [-0.3, -0.25) is 13.9 Å². The summed E-state index contributed by atoms with van der Waals surface area (Å²) in [6, 6.07) is 0. The summed E-state index contributed by atoms with van der Waals surface area (Å²) in [7, 11) is 4.77. The molecule has 0 aliphatic heterocycles. The van der Waals surface area contributed by atoms with Gasteiger partial charge in [-0.05, 0) is 0 Å². The molecular formula is C9H12N4O5. The number of carboxylic acid groups (broad SMARTS) is 2. The van der Waals surface area contributed by atoms with Gasteiger partial charge >= 0.3 is 11.8 Å². The third-order valence-corrected chi connectivity index (χ3v) is 2.32. The average molecular weight is 256 g/mol. The highest BCUT2D eigenvalue weighted by atomic mass is 16.6. The smallest absolute Gasteiger partial charge is 0.450 e. The van der Waals surface area contributed by atoms with Crippen LogP contribution in [0.1, 0.15) is 0 Å². The van der Waals surface area contributed by atoms with Crippen LogP contribution >= 0.6 is 0 Å². The lowest BCUT2D eigenvalue weighted by molar-refractivity contribution is 0.137. The van der Waals surface area contributed by atoms with Gasteiger partial charge in [0.15, 0.2) is 11.2 Å². The Morgan fingerprint density at radius 3 is 2.17 bits per heavy atom. The minimum atomic E-state index is -1.83. The average Bonchev–Trinajstić information content (AvgIpc) is 2.65. The largest absolute Gasteiger partial charge is 0.503 e. The summed E-state index contributed by atoms with van der Waals surface area (Å²) in [5.74, 6) is 0. The fourth-order valence-corrected chi connectivity index (χ4v) is 1.47. The first-order chi connectivity index (χ1) is 8.27. The molecule has 2 heterocycles. The molecule has 0 bridgehead atoms. The van der Waals surface area contributed by atoms with Crippen LogP contribution in [-0.4, -0.2) is 35.1 Å². The SMILES string of the molecule is Cn1c(=O)c2c(ncn2C)n(C)c1=O.O=C(O)O. The fraction of sp³-hybridized carbons (Fsp3) is 0.333. The van der Waals surface area contributed by atoms with Crippen LogP contribution in [0, 0.1) is 0 Å². The van der Waals surface area contributed by atoms with Crippen molar-refractivity contribution in [3.8, 4) is 0 Å². The maximum atomic E-state index is 11.7. The summed E-state index contributed by atoms with van der Waals surface area (Å²) < 4.78 is 4.04. The molecule has 2 rings (SSSR count). The molecule has 98 valence electrons. The zero-order valence-electron chi connectivity index (χ0n) is 9.99. The van der Waals surface area contributed by atoms with Gasteiger partial charge in [0, 0.05) is 21.1 Å². The molecule has 2 aromatic heterocycles. The summed E-state index contributed by atoms with van der Waals surface area (Å²) >= 11 is 0. The van der Waals surface area contributed by atoms with Crippen molar-refractivity contribution < 1.29 is 15.0 Å². The Balaban J connectivity index is 0.000000357. The molecule has 0 radical (unpaired) electrons. The van der Waals surface area contributed by atoms with E-state index in [1.54, 1.807) is 18.7 Å². The fourth-order valence-electron chi connectivity index (χ4n) is 1.47. The van der Waals surface area contributed by atoms with Crippen LogP contribution in [0.3, 0.4) is 0 Å². The number of aromatic nitrogens is 4. The van der Waals surface area contributed by atoms with Crippen LogP contribution in [0.25, 0.3) is 11.2 Å². The van der Waals surface area contributed by atoms with Gasteiger partial charge in [0.2, 0.25) is 0 Å². The van der Waals surface area contributed by atoms with E-state index in [1.807, 2.05) is 0 Å². The van der Waals surface area contributed by atoms with Crippen molar-refractivity contribution in [2.75, 3.05) is 0 Å². The Morgan fingerprint density at radius 1 is 1.17 bits per heavy atom. The van der Waals surface area contributed by atoms with Crippen molar-refractivity contribution in [1.29, 1.82) is 0 Å². The second-order valence-corrected chi connectivity index (χ2v) is 3.52. The van der Waals surface area contributed by atoms with Crippen molar-refractivity contribution >= 4 is 17.3 Å². The first-order valence-corrected chi connectivity index (χ1v) is 4.76. The molecule has 0 saturated heterocycles. The van der Waals surface area contributed by atoms with Gasteiger partial charge in [0.1, 0.15) is 0 Å². The van der Waals surface area contributed by atoms with Gasteiger partial charge in [-0.25, -0.2) is 14.6 Å². The van der Waals surface area contributed by atoms with Gasteiger partial charge in [-0.1, -0.05) is 0 Å². The maximum absolute atomic E-state index is 11.7. The van der Waals surface area contributed by atoms with E-state index in [0.29, 0.717) is 11.2 Å². The third kappa shape index (κ3) is 2.24. The van der Waals surface area contributed by atoms with Crippen LogP contribution < -0.4 is 11.2 Å². The zero-order valence-corrected chi connectivity index (χ0v) is 9.99. The molecule has 0 aromatic carbocycles. The second-order valence-electron chi connectivity index (χ2n) is 3.52. The van der Waals surface area contributed by atoms with E-state index >= 15 is 0 Å². The van der Waals surface area contributed by atoms with Crippen LogP contribution in [0.2, 0.25) is 0 Å². The Hall–Kier alpha value is -2.58. The lowest BCUT2D eigenvalue weighted by Crippen LogP contribution is -2.37. The molecular weight excluding hydrogens is 244 g/mol. The molecule has 2 aromatic rings. The number of hydrogen-bond acceptors (Lipinski definition) is 4. The lowest BCUT2D eigenvalue weighted by Gasteiger charge is -2.02. The van der Waals surface area contributed by atoms with Crippen LogP contribution in [-0.2, 0) is 21.1 Å². The molecule has 0 atom stereocenters. The Morgan fingerprint density at radius 2 is 1.67 bits per heavy atom. The van der Waals surface area contributed by atoms with Crippen LogP contribution in [0.4, 0.5) is 4.79 Å². The molecule has 18 heavy (non-hydrogen) atoms. The van der Waals surface area contributed by atoms with E-state index in [-0.39, 0.29) is 11.2 Å². The summed E-state index contributed by atoms with van der Waals surface area (Å²) in [4.78, 5) is 35.7. The van der Waals surface area contributed by atoms with Gasteiger partial charge in [0.25, 0.3) is 5.56 Å². The predicted molar refractivity (Wildman–Crippen MR) is 61.8 cm³/mol. The second kappa shape index (κ2) is 4.73. The van der Waals surface area contributed by atoms with Crippen molar-refractivity contribution in [2.24, 2.45) is 21.1 Å². The van der Waals surface area contributed by atoms with Gasteiger partial charge < -0.3 is 14.8 Å². The monoisotopic (exact) mass is 256 g/mol.